The van der Waals surface area contributed by atoms with E-state index < -0.39 is 0 Å². The molecule has 0 bridgehead atoms. The summed E-state index contributed by atoms with van der Waals surface area (Å²) in [5.74, 6) is 5.65. The second kappa shape index (κ2) is 6.74. The number of aryl methyl sites for hydroxylation is 1. The molecule has 0 aliphatic rings. The van der Waals surface area contributed by atoms with Gasteiger partial charge in [-0.2, -0.15) is 0 Å². The highest BCUT2D eigenvalue weighted by atomic mass is 19.1. The third-order valence-electron chi connectivity index (χ3n) is 2.79. The molecule has 0 amide bonds. The van der Waals surface area contributed by atoms with Gasteiger partial charge in [-0.25, -0.2) is 4.39 Å². The van der Waals surface area contributed by atoms with Gasteiger partial charge >= 0.3 is 0 Å². The van der Waals surface area contributed by atoms with E-state index in [0.29, 0.717) is 12.2 Å². The molecule has 0 aromatic heterocycles. The lowest BCUT2D eigenvalue weighted by atomic mass is 10.1. The highest BCUT2D eigenvalue weighted by Gasteiger charge is 2.03. The smallest absolute Gasteiger partial charge is 0.124 e. The second-order valence-corrected chi connectivity index (χ2v) is 4.36. The quantitative estimate of drug-likeness (QED) is 0.869. The average Bonchev–Trinajstić information content (AvgIpc) is 2.46. The van der Waals surface area contributed by atoms with Crippen molar-refractivity contribution in [3.8, 4) is 17.6 Å². The largest absolute Gasteiger partial charge is 0.489 e. The van der Waals surface area contributed by atoms with Gasteiger partial charge in [0.15, 0.2) is 0 Å². The van der Waals surface area contributed by atoms with Crippen LogP contribution in [-0.4, -0.2) is 11.7 Å². The summed E-state index contributed by atoms with van der Waals surface area (Å²) in [6.07, 6.45) is 0. The van der Waals surface area contributed by atoms with Gasteiger partial charge in [0.05, 0.1) is 0 Å². The summed E-state index contributed by atoms with van der Waals surface area (Å²) < 4.78 is 18.9. The van der Waals surface area contributed by atoms with E-state index in [1.165, 1.54) is 12.1 Å². The number of hydrogen-bond donors (Lipinski definition) is 1. The van der Waals surface area contributed by atoms with Crippen molar-refractivity contribution in [1.82, 2.24) is 0 Å². The molecule has 0 spiro atoms. The Morgan fingerprint density at radius 1 is 1.15 bits per heavy atom. The summed E-state index contributed by atoms with van der Waals surface area (Å²) in [6.45, 7) is 2.06. The maximum atomic E-state index is 13.2. The summed E-state index contributed by atoms with van der Waals surface area (Å²) >= 11 is 0. The zero-order chi connectivity index (χ0) is 14.4. The molecular formula is C17H15FO2. The first-order chi connectivity index (χ1) is 9.69. The number of ether oxygens (including phenoxy) is 1. The van der Waals surface area contributed by atoms with Gasteiger partial charge in [-0.3, -0.25) is 0 Å². The van der Waals surface area contributed by atoms with E-state index in [-0.39, 0.29) is 12.4 Å². The average molecular weight is 270 g/mol. The van der Waals surface area contributed by atoms with E-state index in [2.05, 4.69) is 11.8 Å². The normalized spacial score (nSPS) is 9.75. The maximum Gasteiger partial charge on any atom is 0.124 e. The van der Waals surface area contributed by atoms with Crippen molar-refractivity contribution in [2.45, 2.75) is 13.5 Å². The molecule has 0 unspecified atom stereocenters. The van der Waals surface area contributed by atoms with Crippen molar-refractivity contribution in [3.05, 3.63) is 65.0 Å². The number of halogens is 1. The van der Waals surface area contributed by atoms with Crippen molar-refractivity contribution in [1.29, 1.82) is 0 Å². The highest BCUT2D eigenvalue weighted by molar-refractivity contribution is 5.41. The molecule has 0 saturated heterocycles. The van der Waals surface area contributed by atoms with Crippen LogP contribution in [0.1, 0.15) is 16.7 Å². The SMILES string of the molecule is Cc1ccc(OCc2ccc(F)cc2C#CCO)cc1. The Hall–Kier alpha value is -2.31. The first kappa shape index (κ1) is 14.1. The molecule has 3 heteroatoms. The van der Waals surface area contributed by atoms with Crippen LogP contribution in [0, 0.1) is 24.6 Å². The van der Waals surface area contributed by atoms with Crippen molar-refractivity contribution in [2.75, 3.05) is 6.61 Å². The molecule has 0 aliphatic carbocycles. The Morgan fingerprint density at radius 2 is 1.90 bits per heavy atom. The summed E-state index contributed by atoms with van der Waals surface area (Å²) in [4.78, 5) is 0. The van der Waals surface area contributed by atoms with Gasteiger partial charge in [0.1, 0.15) is 24.8 Å². The third-order valence-corrected chi connectivity index (χ3v) is 2.79. The lowest BCUT2D eigenvalue weighted by molar-refractivity contribution is 0.305. The lowest BCUT2D eigenvalue weighted by Crippen LogP contribution is -1.99. The van der Waals surface area contributed by atoms with Gasteiger partial charge in [-0.1, -0.05) is 35.6 Å². The minimum absolute atomic E-state index is 0.255. The van der Waals surface area contributed by atoms with Gasteiger partial charge in [0.2, 0.25) is 0 Å². The van der Waals surface area contributed by atoms with Crippen LogP contribution >= 0.6 is 0 Å². The fourth-order valence-electron chi connectivity index (χ4n) is 1.72. The van der Waals surface area contributed by atoms with Crippen LogP contribution in [0.3, 0.4) is 0 Å². The predicted molar refractivity (Wildman–Crippen MR) is 75.9 cm³/mol. The van der Waals surface area contributed by atoms with Gasteiger partial charge in [0, 0.05) is 11.1 Å². The zero-order valence-corrected chi connectivity index (χ0v) is 11.2. The molecular weight excluding hydrogens is 255 g/mol. The van der Waals surface area contributed by atoms with Crippen molar-refractivity contribution < 1.29 is 14.2 Å². The van der Waals surface area contributed by atoms with Crippen LogP contribution in [0.4, 0.5) is 4.39 Å². The van der Waals surface area contributed by atoms with Crippen LogP contribution in [-0.2, 0) is 6.61 Å². The summed E-state index contributed by atoms with van der Waals surface area (Å²) in [5, 5.41) is 8.72. The van der Waals surface area contributed by atoms with Gasteiger partial charge in [-0.05, 0) is 31.2 Å². The molecule has 0 aliphatic heterocycles. The van der Waals surface area contributed by atoms with E-state index in [0.717, 1.165) is 16.9 Å². The lowest BCUT2D eigenvalue weighted by Gasteiger charge is -2.08. The molecule has 0 saturated carbocycles. The molecule has 0 radical (unpaired) electrons. The van der Waals surface area contributed by atoms with Crippen molar-refractivity contribution in [3.63, 3.8) is 0 Å². The summed E-state index contributed by atoms with van der Waals surface area (Å²) in [6, 6.07) is 12.1. The van der Waals surface area contributed by atoms with Crippen LogP contribution in [0.25, 0.3) is 0 Å². The van der Waals surface area contributed by atoms with Crippen LogP contribution < -0.4 is 4.74 Å². The van der Waals surface area contributed by atoms with Crippen molar-refractivity contribution >= 4 is 0 Å². The van der Waals surface area contributed by atoms with Crippen LogP contribution in [0.15, 0.2) is 42.5 Å². The summed E-state index contributed by atoms with van der Waals surface area (Å²) in [5.41, 5.74) is 2.48. The number of hydrogen-bond acceptors (Lipinski definition) is 2. The van der Waals surface area contributed by atoms with Crippen LogP contribution in [0.2, 0.25) is 0 Å². The number of aliphatic hydroxyl groups is 1. The Morgan fingerprint density at radius 3 is 2.60 bits per heavy atom. The minimum atomic E-state index is -0.355. The molecule has 0 fully saturated rings. The number of aliphatic hydroxyl groups excluding tert-OH is 1. The molecule has 20 heavy (non-hydrogen) atoms. The third kappa shape index (κ3) is 3.84. The predicted octanol–water partition coefficient (Wildman–Crippen LogP) is 3.06. The molecule has 2 nitrogen and oxygen atoms in total. The van der Waals surface area contributed by atoms with Crippen LogP contribution in [0.5, 0.6) is 5.75 Å². The second-order valence-electron chi connectivity index (χ2n) is 4.36. The molecule has 0 heterocycles. The minimum Gasteiger partial charge on any atom is -0.489 e. The van der Waals surface area contributed by atoms with Gasteiger partial charge in [-0.15, -0.1) is 0 Å². The highest BCUT2D eigenvalue weighted by Crippen LogP contribution is 2.16. The van der Waals surface area contributed by atoms with E-state index in [4.69, 9.17) is 9.84 Å². The standard InChI is InChI=1S/C17H15FO2/c1-13-4-8-17(9-5-13)20-12-15-6-7-16(18)11-14(15)3-2-10-19/h4-9,11,19H,10,12H2,1H3. The van der Waals surface area contributed by atoms with E-state index in [9.17, 15) is 4.39 Å². The number of rotatable bonds is 3. The Kier molecular flexibility index (Phi) is 4.75. The van der Waals surface area contributed by atoms with E-state index in [1.54, 1.807) is 6.07 Å². The zero-order valence-electron chi connectivity index (χ0n) is 11.2. The Balaban J connectivity index is 2.14. The van der Waals surface area contributed by atoms with Gasteiger partial charge < -0.3 is 9.84 Å². The molecule has 0 atom stereocenters. The fraction of sp³-hybridized carbons (Fsp3) is 0.176. The summed E-state index contributed by atoms with van der Waals surface area (Å²) in [7, 11) is 0. The monoisotopic (exact) mass is 270 g/mol. The molecule has 2 aromatic carbocycles. The van der Waals surface area contributed by atoms with E-state index >= 15 is 0 Å². The molecule has 1 N–H and O–H groups in total. The first-order valence-corrected chi connectivity index (χ1v) is 6.26. The topological polar surface area (TPSA) is 29.5 Å². The molecule has 102 valence electrons. The maximum absolute atomic E-state index is 13.2. The Bertz CT molecular complexity index is 636. The van der Waals surface area contributed by atoms with Gasteiger partial charge in [0.25, 0.3) is 0 Å². The first-order valence-electron chi connectivity index (χ1n) is 6.26. The fourth-order valence-corrected chi connectivity index (χ4v) is 1.72. The van der Waals surface area contributed by atoms with Crippen molar-refractivity contribution in [2.24, 2.45) is 0 Å². The number of benzene rings is 2. The molecule has 2 aromatic rings. The van der Waals surface area contributed by atoms with E-state index in [1.807, 2.05) is 31.2 Å². The molecule has 2 rings (SSSR count). The Labute approximate surface area is 117 Å².